The monoisotopic (exact) mass is 149 g/mol. The largest absolute Gasteiger partial charge is 0.230 e. The molecule has 0 unspecified atom stereocenters. The van der Waals surface area contributed by atoms with E-state index < -0.39 is 10.3 Å². The van der Waals surface area contributed by atoms with E-state index in [1.54, 1.807) is 0 Å². The molecule has 0 amide bonds. The van der Waals surface area contributed by atoms with Crippen LogP contribution in [0.2, 0.25) is 0 Å². The minimum atomic E-state index is -1.28. The van der Waals surface area contributed by atoms with Crippen molar-refractivity contribution in [1.29, 1.82) is 0 Å². The molecule has 10 heteroatoms. The fourth-order valence-electron chi connectivity index (χ4n) is 0.152. The molecule has 0 rings (SSSR count). The zero-order valence-corrected chi connectivity index (χ0v) is 4.52. The quantitative estimate of drug-likeness (QED) is 0.134. The van der Waals surface area contributed by atoms with Gasteiger partial charge in [-0.2, -0.15) is 10.1 Å². The second-order valence-electron chi connectivity index (χ2n) is 1.01. The van der Waals surface area contributed by atoms with Gasteiger partial charge in [-0.05, 0) is 0 Å². The maximum Gasteiger partial charge on any atom is 0.230 e. The Kier molecular flexibility index (Phi) is 2.71. The summed E-state index contributed by atoms with van der Waals surface area (Å²) < 4.78 is 0. The van der Waals surface area contributed by atoms with Crippen LogP contribution in [0, 0.1) is 10.1 Å². The van der Waals surface area contributed by atoms with Gasteiger partial charge in [-0.15, -0.1) is 11.4 Å². The summed E-state index contributed by atoms with van der Waals surface area (Å²) in [4.78, 5) is 11.7. The third-order valence-electron chi connectivity index (χ3n) is 0.461. The summed E-state index contributed by atoms with van der Waals surface area (Å²) in [6, 6.07) is 0. The molecule has 0 aromatic heterocycles. The summed E-state index contributed by atoms with van der Waals surface area (Å²) in [6.45, 7) is 0. The molecular formula is H3N7O3. The zero-order chi connectivity index (χ0) is 8.15. The van der Waals surface area contributed by atoms with Crippen molar-refractivity contribution < 1.29 is 10.2 Å². The molecular weight excluding hydrogens is 146 g/mol. The fraction of sp³-hybridized carbons (Fsp3) is 0. The zero-order valence-electron chi connectivity index (χ0n) is 4.52. The van der Waals surface area contributed by atoms with E-state index in [-0.39, 0.29) is 5.23 Å². The second kappa shape index (κ2) is 3.29. The number of nitro groups is 1. The van der Waals surface area contributed by atoms with Gasteiger partial charge in [0.05, 0.1) is 0 Å². The maximum absolute atomic E-state index is 9.59. The third-order valence-corrected chi connectivity index (χ3v) is 0.461. The molecule has 56 valence electrons. The Labute approximate surface area is 53.6 Å². The molecule has 0 atom stereocenters. The number of hydrogen-bond donors (Lipinski definition) is 2. The predicted octanol–water partition coefficient (Wildman–Crippen LogP) is -0.815. The van der Waals surface area contributed by atoms with Gasteiger partial charge in [0.1, 0.15) is 0 Å². The van der Waals surface area contributed by atoms with E-state index in [0.717, 1.165) is 0 Å². The van der Waals surface area contributed by atoms with Gasteiger partial charge in [-0.25, -0.2) is 10.1 Å². The van der Waals surface area contributed by atoms with Crippen LogP contribution in [0.4, 0.5) is 0 Å². The van der Waals surface area contributed by atoms with E-state index in [9.17, 15) is 10.1 Å². The molecule has 10 heavy (non-hydrogen) atoms. The number of rotatable bonds is 3. The van der Waals surface area contributed by atoms with Gasteiger partial charge in [0.2, 0.25) is 10.3 Å². The van der Waals surface area contributed by atoms with Crippen LogP contribution in [-0.2, 0) is 0 Å². The van der Waals surface area contributed by atoms with E-state index in [2.05, 4.69) is 16.0 Å². The van der Waals surface area contributed by atoms with E-state index >= 15 is 0 Å². The lowest BCUT2D eigenvalue weighted by Gasteiger charge is -2.04. The smallest absolute Gasteiger partial charge is 0.230 e. The second-order valence-corrected chi connectivity index (χ2v) is 1.01. The SMILES string of the molecule is [N-]=[N+]=NN(N)N(O)[N+](=O)[O-]. The molecule has 0 aliphatic heterocycles. The van der Waals surface area contributed by atoms with Crippen LogP contribution in [0.1, 0.15) is 0 Å². The molecule has 0 aliphatic rings. The lowest BCUT2D eigenvalue weighted by Crippen LogP contribution is -2.44. The Morgan fingerprint density at radius 2 is 2.40 bits per heavy atom. The van der Waals surface area contributed by atoms with Crippen LogP contribution >= 0.6 is 0 Å². The van der Waals surface area contributed by atoms with Gasteiger partial charge in [-0.3, -0.25) is 0 Å². The molecule has 0 aromatic carbocycles. The number of hydrogen-bond acceptors (Lipinski definition) is 5. The third kappa shape index (κ3) is 2.00. The molecule has 10 nitrogen and oxygen atoms in total. The van der Waals surface area contributed by atoms with E-state index in [4.69, 9.17) is 10.7 Å². The van der Waals surface area contributed by atoms with Crippen LogP contribution in [0.25, 0.3) is 10.4 Å². The first-order valence-electron chi connectivity index (χ1n) is 1.82. The summed E-state index contributed by atoms with van der Waals surface area (Å²) in [5.41, 5.74) is 7.64. The summed E-state index contributed by atoms with van der Waals surface area (Å²) in [5.74, 6) is 4.58. The standard InChI is InChI=1S/H3N7O3/c1-3-4-5(2)6(8)7(9)10/h8H,2H2. The number of hydrazine groups is 3. The summed E-state index contributed by atoms with van der Waals surface area (Å²) in [7, 11) is 0. The van der Waals surface area contributed by atoms with Crippen molar-refractivity contribution in [3.05, 3.63) is 20.6 Å². The summed E-state index contributed by atoms with van der Waals surface area (Å²) >= 11 is 0. The van der Waals surface area contributed by atoms with Gasteiger partial charge in [-0.1, -0.05) is 0 Å². The normalized spacial score (nSPS) is 7.80. The Morgan fingerprint density at radius 1 is 1.90 bits per heavy atom. The molecule has 0 aliphatic carbocycles. The first-order valence-corrected chi connectivity index (χ1v) is 1.82. The van der Waals surface area contributed by atoms with E-state index in [1.807, 2.05) is 0 Å². The van der Waals surface area contributed by atoms with Crippen LogP contribution in [-0.4, -0.2) is 20.7 Å². The predicted molar refractivity (Wildman–Crippen MR) is 25.8 cm³/mol. The lowest BCUT2D eigenvalue weighted by molar-refractivity contribution is -0.776. The van der Waals surface area contributed by atoms with E-state index in [0.29, 0.717) is 0 Å². The fourth-order valence-corrected chi connectivity index (χ4v) is 0.152. The lowest BCUT2D eigenvalue weighted by atomic mass is 12.0. The minimum Gasteiger partial charge on any atom is -0.230 e. The number of nitrogens with two attached hydrogens (primary N) is 1. The van der Waals surface area contributed by atoms with Crippen molar-refractivity contribution in [2.75, 3.05) is 0 Å². The molecule has 0 fully saturated rings. The molecule has 0 radical (unpaired) electrons. The highest BCUT2D eigenvalue weighted by atomic mass is 16.8. The summed E-state index contributed by atoms with van der Waals surface area (Å²) in [6.07, 6.45) is 0. The summed E-state index contributed by atoms with van der Waals surface area (Å²) in [5, 5.41) is 18.1. The first kappa shape index (κ1) is 8.23. The highest BCUT2D eigenvalue weighted by molar-refractivity contribution is 4.31. The average molecular weight is 149 g/mol. The molecule has 3 N–H and O–H groups in total. The first-order chi connectivity index (χ1) is 4.59. The molecule has 0 heterocycles. The van der Waals surface area contributed by atoms with Gasteiger partial charge in [0.15, 0.2) is 0 Å². The van der Waals surface area contributed by atoms with Crippen molar-refractivity contribution in [3.63, 3.8) is 0 Å². The molecule has 0 aromatic rings. The number of azide groups is 1. The van der Waals surface area contributed by atoms with Crippen molar-refractivity contribution in [2.24, 2.45) is 11.1 Å². The molecule has 0 saturated heterocycles. The van der Waals surface area contributed by atoms with Crippen LogP contribution in [0.15, 0.2) is 5.22 Å². The van der Waals surface area contributed by atoms with E-state index in [1.165, 1.54) is 0 Å². The van der Waals surface area contributed by atoms with Crippen molar-refractivity contribution in [1.82, 2.24) is 10.5 Å². The van der Waals surface area contributed by atoms with Crippen LogP contribution in [0.5, 0.6) is 0 Å². The topological polar surface area (TPSA) is 145 Å². The van der Waals surface area contributed by atoms with Gasteiger partial charge in [0, 0.05) is 10.5 Å². The Bertz CT molecular complexity index is 162. The average Bonchev–Trinajstić information content (AvgIpc) is 1.87. The highest BCUT2D eigenvalue weighted by Crippen LogP contribution is 1.86. The Balaban J connectivity index is 4.06. The van der Waals surface area contributed by atoms with Crippen molar-refractivity contribution in [2.45, 2.75) is 0 Å². The van der Waals surface area contributed by atoms with Gasteiger partial charge < -0.3 is 0 Å². The van der Waals surface area contributed by atoms with Gasteiger partial charge in [0.25, 0.3) is 0 Å². The van der Waals surface area contributed by atoms with Crippen LogP contribution < -0.4 is 5.84 Å². The number of nitrogens with zero attached hydrogens (tertiary/aromatic N) is 6. The Morgan fingerprint density at radius 3 is 2.70 bits per heavy atom. The van der Waals surface area contributed by atoms with Crippen LogP contribution in [0.3, 0.4) is 0 Å². The van der Waals surface area contributed by atoms with Gasteiger partial charge >= 0.3 is 0 Å². The molecule has 0 spiro atoms. The Hall–Kier alpha value is -1.77. The molecule has 0 saturated carbocycles. The molecule has 0 bridgehead atoms. The van der Waals surface area contributed by atoms with Crippen molar-refractivity contribution >= 4 is 0 Å². The highest BCUT2D eigenvalue weighted by Gasteiger charge is 2.20. The maximum atomic E-state index is 9.59. The minimum absolute atomic E-state index is 0.181. The van der Waals surface area contributed by atoms with Crippen molar-refractivity contribution in [3.8, 4) is 0 Å².